The third-order valence-corrected chi connectivity index (χ3v) is 6.68. The Morgan fingerprint density at radius 2 is 1.68 bits per heavy atom. The number of imide groups is 1. The van der Waals surface area contributed by atoms with Gasteiger partial charge in [-0.3, -0.25) is 9.59 Å². The molecule has 158 valence electrons. The van der Waals surface area contributed by atoms with E-state index >= 15 is 0 Å². The van der Waals surface area contributed by atoms with Crippen LogP contribution in [0.2, 0.25) is 10.0 Å². The van der Waals surface area contributed by atoms with Crippen LogP contribution in [0.25, 0.3) is 0 Å². The zero-order valence-corrected chi connectivity index (χ0v) is 17.7. The lowest BCUT2D eigenvalue weighted by Crippen LogP contribution is -2.28. The molecule has 1 saturated carbocycles. The molecule has 2 bridgehead atoms. The summed E-state index contributed by atoms with van der Waals surface area (Å²) in [5, 5.41) is 5.51. The molecule has 4 atom stereocenters. The van der Waals surface area contributed by atoms with Crippen LogP contribution in [0.15, 0.2) is 53.7 Å². The smallest absolute Gasteiger partial charge is 0.254 e. The number of hydrogen-bond acceptors (Lipinski definition) is 4. The number of hydrogen-bond donors (Lipinski definition) is 0. The van der Waals surface area contributed by atoms with E-state index in [9.17, 15) is 14.0 Å². The number of hydrazone groups is 1. The molecule has 0 aromatic heterocycles. The van der Waals surface area contributed by atoms with E-state index in [1.165, 1.54) is 12.3 Å². The van der Waals surface area contributed by atoms with Gasteiger partial charge < -0.3 is 4.74 Å². The topological polar surface area (TPSA) is 59.0 Å². The fraction of sp³-hybridized carbons (Fsp3) is 0.261. The molecule has 1 heterocycles. The molecular formula is C23H17Cl2FN2O3. The Bertz CT molecular complexity index is 1100. The highest BCUT2D eigenvalue weighted by Gasteiger charge is 2.59. The van der Waals surface area contributed by atoms with Crippen molar-refractivity contribution in [2.75, 3.05) is 0 Å². The van der Waals surface area contributed by atoms with Gasteiger partial charge in [0.2, 0.25) is 0 Å². The van der Waals surface area contributed by atoms with Gasteiger partial charge in [-0.2, -0.15) is 10.1 Å². The summed E-state index contributed by atoms with van der Waals surface area (Å²) >= 11 is 12.6. The molecule has 2 aromatic carbocycles. The van der Waals surface area contributed by atoms with Crippen molar-refractivity contribution in [1.29, 1.82) is 0 Å². The fourth-order valence-corrected chi connectivity index (χ4v) is 5.30. The maximum atomic E-state index is 13.8. The Balaban J connectivity index is 1.31. The lowest BCUT2D eigenvalue weighted by atomic mass is 9.85. The Kier molecular flexibility index (Phi) is 5.07. The van der Waals surface area contributed by atoms with Crippen LogP contribution in [-0.2, 0) is 16.2 Å². The summed E-state index contributed by atoms with van der Waals surface area (Å²) in [5.74, 6) is -1.04. The highest BCUT2D eigenvalue weighted by Crippen LogP contribution is 2.52. The first-order valence-electron chi connectivity index (χ1n) is 9.89. The van der Waals surface area contributed by atoms with E-state index in [1.807, 2.05) is 12.2 Å². The molecule has 2 amide bonds. The van der Waals surface area contributed by atoms with Crippen LogP contribution in [0.3, 0.4) is 0 Å². The minimum atomic E-state index is -0.383. The van der Waals surface area contributed by atoms with E-state index in [0.29, 0.717) is 11.1 Å². The minimum absolute atomic E-state index is 0.0323. The molecule has 5 rings (SSSR count). The van der Waals surface area contributed by atoms with E-state index in [1.54, 1.807) is 30.3 Å². The lowest BCUT2D eigenvalue weighted by molar-refractivity contribution is -0.140. The second-order valence-corrected chi connectivity index (χ2v) is 8.74. The van der Waals surface area contributed by atoms with E-state index in [2.05, 4.69) is 5.10 Å². The highest BCUT2D eigenvalue weighted by atomic mass is 35.5. The number of allylic oxidation sites excluding steroid dienone is 2. The normalized spacial score (nSPS) is 26.4. The molecule has 2 aliphatic carbocycles. The van der Waals surface area contributed by atoms with Crippen LogP contribution >= 0.6 is 23.2 Å². The van der Waals surface area contributed by atoms with Gasteiger partial charge in [-0.05, 0) is 42.0 Å². The molecule has 0 radical (unpaired) electrons. The summed E-state index contributed by atoms with van der Waals surface area (Å²) in [6.07, 6.45) is 6.31. The molecule has 2 aromatic rings. The third kappa shape index (κ3) is 3.44. The molecule has 2 fully saturated rings. The van der Waals surface area contributed by atoms with E-state index in [4.69, 9.17) is 27.9 Å². The maximum absolute atomic E-state index is 13.8. The second kappa shape index (κ2) is 7.77. The number of amides is 2. The third-order valence-electron chi connectivity index (χ3n) is 6.12. The van der Waals surface area contributed by atoms with Crippen LogP contribution < -0.4 is 4.74 Å². The second-order valence-electron chi connectivity index (χ2n) is 7.93. The van der Waals surface area contributed by atoms with Gasteiger partial charge in [0.25, 0.3) is 11.8 Å². The molecule has 5 nitrogen and oxygen atoms in total. The molecule has 1 aliphatic heterocycles. The SMILES string of the molecule is O=C1C2C3C=CC(C3)C2C(=O)N1N=Cc1cc(Cl)c(OCc2ccccc2F)c(Cl)c1. The molecule has 31 heavy (non-hydrogen) atoms. The standard InChI is InChI=1S/C23H17Cl2FN2O3/c24-16-7-12(8-17(25)21(16)31-11-15-3-1-2-4-18(15)26)10-27-28-22(29)19-13-5-6-14(9-13)20(19)23(28)30/h1-8,10,13-14,19-20H,9,11H2. The first kappa shape index (κ1) is 20.2. The van der Waals surface area contributed by atoms with Gasteiger partial charge in [-0.15, -0.1) is 0 Å². The summed E-state index contributed by atoms with van der Waals surface area (Å²) in [7, 11) is 0. The van der Waals surface area contributed by atoms with Crippen molar-refractivity contribution in [2.24, 2.45) is 28.8 Å². The van der Waals surface area contributed by atoms with Gasteiger partial charge in [0.05, 0.1) is 28.1 Å². The predicted molar refractivity (Wildman–Crippen MR) is 114 cm³/mol. The Labute approximate surface area is 188 Å². The first-order chi connectivity index (χ1) is 14.9. The van der Waals surface area contributed by atoms with Crippen molar-refractivity contribution in [3.05, 3.63) is 75.5 Å². The number of ether oxygens (including phenoxy) is 1. The zero-order chi connectivity index (χ0) is 21.7. The predicted octanol–water partition coefficient (Wildman–Crippen LogP) is 4.85. The van der Waals surface area contributed by atoms with Crippen molar-refractivity contribution in [3.8, 4) is 5.75 Å². The van der Waals surface area contributed by atoms with Crippen LogP contribution in [0.4, 0.5) is 4.39 Å². The van der Waals surface area contributed by atoms with Crippen molar-refractivity contribution in [2.45, 2.75) is 13.0 Å². The summed E-state index contributed by atoms with van der Waals surface area (Å²) in [6, 6.07) is 9.38. The van der Waals surface area contributed by atoms with E-state index in [0.717, 1.165) is 11.4 Å². The number of rotatable bonds is 5. The van der Waals surface area contributed by atoms with Crippen molar-refractivity contribution in [1.82, 2.24) is 5.01 Å². The number of halogens is 3. The number of benzene rings is 2. The van der Waals surface area contributed by atoms with Gasteiger partial charge in [0.1, 0.15) is 12.4 Å². The average molecular weight is 459 g/mol. The Morgan fingerprint density at radius 1 is 1.06 bits per heavy atom. The molecule has 0 N–H and O–H groups in total. The van der Waals surface area contributed by atoms with Gasteiger partial charge in [-0.1, -0.05) is 53.6 Å². The van der Waals surface area contributed by atoms with E-state index < -0.39 is 0 Å². The largest absolute Gasteiger partial charge is 0.486 e. The van der Waals surface area contributed by atoms with Crippen LogP contribution in [0.1, 0.15) is 17.5 Å². The average Bonchev–Trinajstić information content (AvgIpc) is 3.41. The minimum Gasteiger partial charge on any atom is -0.486 e. The van der Waals surface area contributed by atoms with Crippen molar-refractivity contribution < 1.29 is 18.7 Å². The van der Waals surface area contributed by atoms with Crippen LogP contribution in [0.5, 0.6) is 5.75 Å². The Hall–Kier alpha value is -2.70. The number of fused-ring (bicyclic) bond motifs is 5. The molecule has 8 heteroatoms. The van der Waals surface area contributed by atoms with Gasteiger partial charge in [0, 0.05) is 5.56 Å². The van der Waals surface area contributed by atoms with Crippen molar-refractivity contribution >= 4 is 41.2 Å². The molecule has 1 saturated heterocycles. The first-order valence-corrected chi connectivity index (χ1v) is 10.6. The zero-order valence-electron chi connectivity index (χ0n) is 16.2. The van der Waals surface area contributed by atoms with Crippen LogP contribution in [0, 0.1) is 29.5 Å². The fourth-order valence-electron chi connectivity index (χ4n) is 4.68. The lowest BCUT2D eigenvalue weighted by Gasteiger charge is -2.13. The molecule has 3 aliphatic rings. The monoisotopic (exact) mass is 458 g/mol. The quantitative estimate of drug-likeness (QED) is 0.365. The van der Waals surface area contributed by atoms with Gasteiger partial charge in [0.15, 0.2) is 5.75 Å². The van der Waals surface area contributed by atoms with Gasteiger partial charge >= 0.3 is 0 Å². The van der Waals surface area contributed by atoms with Gasteiger partial charge in [-0.25, -0.2) is 4.39 Å². The summed E-state index contributed by atoms with van der Waals surface area (Å²) in [6.45, 7) is -0.0323. The maximum Gasteiger partial charge on any atom is 0.254 e. The highest BCUT2D eigenvalue weighted by molar-refractivity contribution is 6.37. The Morgan fingerprint density at radius 3 is 2.29 bits per heavy atom. The number of nitrogens with zero attached hydrogens (tertiary/aromatic N) is 2. The van der Waals surface area contributed by atoms with Crippen LogP contribution in [-0.4, -0.2) is 23.0 Å². The van der Waals surface area contributed by atoms with Crippen molar-refractivity contribution in [3.63, 3.8) is 0 Å². The number of carbonyl (C=O) groups excluding carboxylic acids is 2. The van der Waals surface area contributed by atoms with E-state index in [-0.39, 0.29) is 63.7 Å². The summed E-state index contributed by atoms with van der Waals surface area (Å²) in [4.78, 5) is 25.4. The summed E-state index contributed by atoms with van der Waals surface area (Å²) < 4.78 is 19.4. The molecule has 0 spiro atoms. The number of carbonyl (C=O) groups is 2. The molecule has 4 unspecified atom stereocenters. The summed E-state index contributed by atoms with van der Waals surface area (Å²) in [5.41, 5.74) is 0.882. The molecular weight excluding hydrogens is 442 g/mol.